The molecular weight excluding hydrogens is 210 g/mol. The van der Waals surface area contributed by atoms with Crippen LogP contribution in [0, 0.1) is 6.92 Å². The molecule has 1 aromatic carbocycles. The molecule has 0 N–H and O–H groups in total. The number of hydrogen-bond donors (Lipinski definition) is 0. The summed E-state index contributed by atoms with van der Waals surface area (Å²) in [6.07, 6.45) is 0. The number of nitrogens with zero attached hydrogens (tertiary/aromatic N) is 3. The highest BCUT2D eigenvalue weighted by atomic mass is 15.1. The first-order valence-corrected chi connectivity index (χ1v) is 5.75. The summed E-state index contributed by atoms with van der Waals surface area (Å²) in [6.45, 7) is 2.13. The molecule has 2 rings (SSSR count). The summed E-state index contributed by atoms with van der Waals surface area (Å²) in [5, 5.41) is 1.22. The first-order chi connectivity index (χ1) is 7.99. The van der Waals surface area contributed by atoms with Crippen LogP contribution in [0.5, 0.6) is 0 Å². The average Bonchev–Trinajstić information content (AvgIpc) is 2.27. The first-order valence-electron chi connectivity index (χ1n) is 5.75. The number of pyridine rings is 1. The van der Waals surface area contributed by atoms with E-state index in [0.717, 1.165) is 11.3 Å². The smallest absolute Gasteiger partial charge is 0.128 e. The Hall–Kier alpha value is -1.77. The van der Waals surface area contributed by atoms with Gasteiger partial charge in [-0.05, 0) is 30.7 Å². The van der Waals surface area contributed by atoms with Crippen LogP contribution in [0.2, 0.25) is 0 Å². The van der Waals surface area contributed by atoms with E-state index in [2.05, 4.69) is 41.1 Å². The maximum Gasteiger partial charge on any atom is 0.128 e. The molecule has 3 nitrogen and oxygen atoms in total. The molecule has 17 heavy (non-hydrogen) atoms. The lowest BCUT2D eigenvalue weighted by Gasteiger charge is -2.16. The van der Waals surface area contributed by atoms with Crippen molar-refractivity contribution in [2.24, 2.45) is 0 Å². The van der Waals surface area contributed by atoms with Crippen LogP contribution in [0.1, 0.15) is 5.56 Å². The van der Waals surface area contributed by atoms with Crippen molar-refractivity contribution in [3.63, 3.8) is 0 Å². The highest BCUT2D eigenvalue weighted by molar-refractivity contribution is 5.86. The van der Waals surface area contributed by atoms with E-state index in [1.165, 1.54) is 16.6 Å². The average molecular weight is 229 g/mol. The molecule has 0 spiro atoms. The van der Waals surface area contributed by atoms with E-state index in [4.69, 9.17) is 0 Å². The van der Waals surface area contributed by atoms with Crippen LogP contribution in [0.25, 0.3) is 10.9 Å². The van der Waals surface area contributed by atoms with Crippen LogP contribution < -0.4 is 9.80 Å². The van der Waals surface area contributed by atoms with E-state index in [0.29, 0.717) is 0 Å². The highest BCUT2D eigenvalue weighted by Gasteiger charge is 2.05. The third kappa shape index (κ3) is 2.18. The summed E-state index contributed by atoms with van der Waals surface area (Å²) in [7, 11) is 8.13. The second-order valence-electron chi connectivity index (χ2n) is 4.79. The van der Waals surface area contributed by atoms with Crippen LogP contribution in [0.4, 0.5) is 11.5 Å². The van der Waals surface area contributed by atoms with Gasteiger partial charge in [0.05, 0.1) is 5.52 Å². The van der Waals surface area contributed by atoms with Crippen LogP contribution in [0.3, 0.4) is 0 Å². The third-order valence-corrected chi connectivity index (χ3v) is 2.96. The number of fused-ring (bicyclic) bond motifs is 1. The molecule has 0 amide bonds. The van der Waals surface area contributed by atoms with E-state index < -0.39 is 0 Å². The molecule has 0 saturated carbocycles. The molecule has 1 aromatic heterocycles. The van der Waals surface area contributed by atoms with Gasteiger partial charge in [-0.3, -0.25) is 0 Å². The Kier molecular flexibility index (Phi) is 2.92. The van der Waals surface area contributed by atoms with Gasteiger partial charge in [0.2, 0.25) is 0 Å². The monoisotopic (exact) mass is 229 g/mol. The molecule has 0 radical (unpaired) electrons. The van der Waals surface area contributed by atoms with Crippen LogP contribution in [-0.2, 0) is 0 Å². The summed E-state index contributed by atoms with van der Waals surface area (Å²) < 4.78 is 0. The number of aromatic nitrogens is 1. The third-order valence-electron chi connectivity index (χ3n) is 2.96. The van der Waals surface area contributed by atoms with Crippen molar-refractivity contribution in [3.05, 3.63) is 29.8 Å². The fourth-order valence-corrected chi connectivity index (χ4v) is 1.88. The summed E-state index contributed by atoms with van der Waals surface area (Å²) in [4.78, 5) is 8.81. The van der Waals surface area contributed by atoms with Gasteiger partial charge in [0.1, 0.15) is 5.82 Å². The molecule has 3 heteroatoms. The SMILES string of the molecule is Cc1cc(N(C)C)nc2cc(N(C)C)ccc12. The van der Waals surface area contributed by atoms with Crippen LogP contribution in [0.15, 0.2) is 24.3 Å². The molecule has 1 heterocycles. The van der Waals surface area contributed by atoms with Crippen molar-refractivity contribution in [3.8, 4) is 0 Å². The van der Waals surface area contributed by atoms with E-state index in [1.807, 2.05) is 33.1 Å². The van der Waals surface area contributed by atoms with Gasteiger partial charge in [-0.2, -0.15) is 0 Å². The van der Waals surface area contributed by atoms with Gasteiger partial charge in [0.15, 0.2) is 0 Å². The van der Waals surface area contributed by atoms with E-state index in [1.54, 1.807) is 0 Å². The summed E-state index contributed by atoms with van der Waals surface area (Å²) in [6, 6.07) is 8.53. The number of benzene rings is 1. The maximum absolute atomic E-state index is 4.68. The molecule has 0 atom stereocenters. The van der Waals surface area contributed by atoms with E-state index in [-0.39, 0.29) is 0 Å². The minimum Gasteiger partial charge on any atom is -0.378 e. The second-order valence-corrected chi connectivity index (χ2v) is 4.79. The van der Waals surface area contributed by atoms with E-state index in [9.17, 15) is 0 Å². The van der Waals surface area contributed by atoms with Gasteiger partial charge >= 0.3 is 0 Å². The van der Waals surface area contributed by atoms with Gasteiger partial charge in [-0.15, -0.1) is 0 Å². The lowest BCUT2D eigenvalue weighted by Crippen LogP contribution is -2.11. The number of rotatable bonds is 2. The number of anilines is 2. The zero-order valence-corrected chi connectivity index (χ0v) is 11.2. The molecule has 0 aliphatic carbocycles. The lowest BCUT2D eigenvalue weighted by molar-refractivity contribution is 1.08. The Labute approximate surface area is 103 Å². The first kappa shape index (κ1) is 11.7. The molecule has 0 bridgehead atoms. The van der Waals surface area contributed by atoms with Gasteiger partial charge in [-0.25, -0.2) is 4.98 Å². The van der Waals surface area contributed by atoms with Crippen molar-refractivity contribution in [1.29, 1.82) is 0 Å². The molecule has 0 fully saturated rings. The maximum atomic E-state index is 4.68. The van der Waals surface area contributed by atoms with Crippen LogP contribution in [-0.4, -0.2) is 33.2 Å². The Morgan fingerprint density at radius 3 is 2.24 bits per heavy atom. The fraction of sp³-hybridized carbons (Fsp3) is 0.357. The van der Waals surface area contributed by atoms with Gasteiger partial charge in [0.25, 0.3) is 0 Å². The molecule has 0 aliphatic heterocycles. The predicted octanol–water partition coefficient (Wildman–Crippen LogP) is 2.68. The second kappa shape index (κ2) is 4.24. The predicted molar refractivity (Wildman–Crippen MR) is 75.1 cm³/mol. The van der Waals surface area contributed by atoms with Crippen molar-refractivity contribution in [2.45, 2.75) is 6.92 Å². The van der Waals surface area contributed by atoms with Gasteiger partial charge in [-0.1, -0.05) is 6.07 Å². The zero-order valence-electron chi connectivity index (χ0n) is 11.2. The lowest BCUT2D eigenvalue weighted by atomic mass is 10.1. The molecular formula is C14H19N3. The number of aryl methyl sites for hydroxylation is 1. The Balaban J connectivity index is 2.66. The van der Waals surface area contributed by atoms with E-state index >= 15 is 0 Å². The Morgan fingerprint density at radius 1 is 0.941 bits per heavy atom. The Bertz CT molecular complexity index is 539. The molecule has 90 valence electrons. The van der Waals surface area contributed by atoms with Crippen LogP contribution >= 0.6 is 0 Å². The summed E-state index contributed by atoms with van der Waals surface area (Å²) >= 11 is 0. The summed E-state index contributed by atoms with van der Waals surface area (Å²) in [5.74, 6) is 1.01. The minimum absolute atomic E-state index is 1.01. The highest BCUT2D eigenvalue weighted by Crippen LogP contribution is 2.25. The largest absolute Gasteiger partial charge is 0.378 e. The molecule has 0 aliphatic rings. The normalized spacial score (nSPS) is 10.6. The van der Waals surface area contributed by atoms with Crippen molar-refractivity contribution < 1.29 is 0 Å². The number of hydrogen-bond acceptors (Lipinski definition) is 3. The molecule has 2 aromatic rings. The zero-order chi connectivity index (χ0) is 12.6. The quantitative estimate of drug-likeness (QED) is 0.789. The van der Waals surface area contributed by atoms with Crippen molar-refractivity contribution >= 4 is 22.4 Å². The topological polar surface area (TPSA) is 19.4 Å². The summed E-state index contributed by atoms with van der Waals surface area (Å²) in [5.41, 5.74) is 3.50. The Morgan fingerprint density at radius 2 is 1.65 bits per heavy atom. The minimum atomic E-state index is 1.01. The molecule has 0 unspecified atom stereocenters. The fourth-order valence-electron chi connectivity index (χ4n) is 1.88. The standard InChI is InChI=1S/C14H19N3/c1-10-8-14(17(4)5)15-13-9-11(16(2)3)6-7-12(10)13/h6-9H,1-5H3. The van der Waals surface area contributed by atoms with Gasteiger partial charge < -0.3 is 9.80 Å². The van der Waals surface area contributed by atoms with Crippen molar-refractivity contribution in [2.75, 3.05) is 38.0 Å². The molecule has 0 saturated heterocycles. The van der Waals surface area contributed by atoms with Gasteiger partial charge in [0, 0.05) is 39.3 Å². The van der Waals surface area contributed by atoms with Crippen molar-refractivity contribution in [1.82, 2.24) is 4.98 Å².